The zero-order valence-electron chi connectivity index (χ0n) is 14.2. The summed E-state index contributed by atoms with van der Waals surface area (Å²) < 4.78 is 2.26. The summed E-state index contributed by atoms with van der Waals surface area (Å²) in [6, 6.07) is 14.1. The predicted octanol–water partition coefficient (Wildman–Crippen LogP) is 3.42. The molecule has 1 aromatic heterocycles. The molecule has 27 heavy (non-hydrogen) atoms. The number of pyridine rings is 1. The highest BCUT2D eigenvalue weighted by molar-refractivity contribution is 9.10. The standard InChI is InChI=1S/C20H16BrN3O3/c1-2-10-24-16-9-4-3-8-15(16)18(25)17(20(24)27)19(26)23-22-12-13-6-5-7-14(21)11-13/h2-9,11-12,25H,1,10H2,(H,23,26)/b22-12-. The minimum absolute atomic E-state index is 0.210. The van der Waals surface area contributed by atoms with Gasteiger partial charge in [0.1, 0.15) is 11.3 Å². The molecule has 0 aliphatic heterocycles. The number of hydrogen-bond donors (Lipinski definition) is 2. The summed E-state index contributed by atoms with van der Waals surface area (Å²) >= 11 is 3.35. The fourth-order valence-electron chi connectivity index (χ4n) is 2.71. The van der Waals surface area contributed by atoms with Crippen LogP contribution in [0.4, 0.5) is 0 Å². The van der Waals surface area contributed by atoms with Gasteiger partial charge in [0.25, 0.3) is 11.5 Å². The van der Waals surface area contributed by atoms with Crippen LogP contribution in [0.3, 0.4) is 0 Å². The predicted molar refractivity (Wildman–Crippen MR) is 109 cm³/mol. The average molecular weight is 426 g/mol. The molecular weight excluding hydrogens is 410 g/mol. The summed E-state index contributed by atoms with van der Waals surface area (Å²) in [6.07, 6.45) is 3.00. The maximum Gasteiger partial charge on any atom is 0.280 e. The van der Waals surface area contributed by atoms with Crippen LogP contribution in [0.2, 0.25) is 0 Å². The minimum Gasteiger partial charge on any atom is -0.506 e. The van der Waals surface area contributed by atoms with Gasteiger partial charge in [-0.2, -0.15) is 5.10 Å². The van der Waals surface area contributed by atoms with Crippen LogP contribution in [0.1, 0.15) is 15.9 Å². The molecule has 3 rings (SSSR count). The summed E-state index contributed by atoms with van der Waals surface area (Å²) in [5.74, 6) is -1.15. The smallest absolute Gasteiger partial charge is 0.280 e. The van der Waals surface area contributed by atoms with Crippen LogP contribution in [0.5, 0.6) is 5.75 Å². The van der Waals surface area contributed by atoms with Gasteiger partial charge in [0, 0.05) is 16.4 Å². The van der Waals surface area contributed by atoms with E-state index in [0.29, 0.717) is 10.9 Å². The lowest BCUT2D eigenvalue weighted by atomic mass is 10.1. The van der Waals surface area contributed by atoms with E-state index in [1.54, 1.807) is 30.3 Å². The monoisotopic (exact) mass is 425 g/mol. The van der Waals surface area contributed by atoms with Gasteiger partial charge in [0.2, 0.25) is 0 Å². The summed E-state index contributed by atoms with van der Waals surface area (Å²) in [4.78, 5) is 25.3. The maximum absolute atomic E-state index is 12.7. The quantitative estimate of drug-likeness (QED) is 0.373. The number of carbonyl (C=O) groups excluding carboxylic acids is 1. The van der Waals surface area contributed by atoms with Crippen molar-refractivity contribution >= 4 is 39.0 Å². The first-order valence-corrected chi connectivity index (χ1v) is 8.86. The molecule has 0 saturated carbocycles. The first-order valence-electron chi connectivity index (χ1n) is 8.07. The number of hydrazone groups is 1. The van der Waals surface area contributed by atoms with Crippen molar-refractivity contribution in [3.63, 3.8) is 0 Å². The summed E-state index contributed by atoms with van der Waals surface area (Å²) in [7, 11) is 0. The number of halogens is 1. The molecule has 0 aliphatic rings. The fourth-order valence-corrected chi connectivity index (χ4v) is 3.13. The average Bonchev–Trinajstić information content (AvgIpc) is 2.65. The van der Waals surface area contributed by atoms with E-state index in [2.05, 4.69) is 33.0 Å². The number of para-hydroxylation sites is 1. The van der Waals surface area contributed by atoms with Crippen LogP contribution in [-0.2, 0) is 6.54 Å². The number of fused-ring (bicyclic) bond motifs is 1. The zero-order chi connectivity index (χ0) is 19.4. The van der Waals surface area contributed by atoms with Crippen molar-refractivity contribution in [3.8, 4) is 5.75 Å². The molecule has 0 atom stereocenters. The number of amides is 1. The molecule has 0 fully saturated rings. The van der Waals surface area contributed by atoms with Crippen molar-refractivity contribution in [2.75, 3.05) is 0 Å². The SMILES string of the molecule is C=CCn1c(=O)c(C(=O)N/N=C\c2cccc(Br)c2)c(O)c2ccccc21. The Kier molecular flexibility index (Phi) is 5.52. The molecule has 0 saturated heterocycles. The Morgan fingerprint density at radius 3 is 2.78 bits per heavy atom. The summed E-state index contributed by atoms with van der Waals surface area (Å²) in [6.45, 7) is 3.85. The van der Waals surface area contributed by atoms with E-state index >= 15 is 0 Å². The van der Waals surface area contributed by atoms with E-state index in [4.69, 9.17) is 0 Å². The fraction of sp³-hybridized carbons (Fsp3) is 0.0500. The van der Waals surface area contributed by atoms with E-state index in [0.717, 1.165) is 10.0 Å². The first kappa shape index (κ1) is 18.6. The molecule has 2 aromatic carbocycles. The first-order chi connectivity index (χ1) is 13.0. The van der Waals surface area contributed by atoms with E-state index in [1.165, 1.54) is 10.8 Å². The molecule has 136 valence electrons. The van der Waals surface area contributed by atoms with Crippen molar-refractivity contribution in [1.29, 1.82) is 0 Å². The third kappa shape index (κ3) is 3.83. The molecule has 0 aliphatic carbocycles. The molecule has 0 radical (unpaired) electrons. The number of carbonyl (C=O) groups is 1. The molecule has 6 nitrogen and oxygen atoms in total. The number of allylic oxidation sites excluding steroid dienone is 1. The van der Waals surface area contributed by atoms with Gasteiger partial charge in [-0.15, -0.1) is 6.58 Å². The summed E-state index contributed by atoms with van der Waals surface area (Å²) in [5, 5.41) is 14.8. The largest absolute Gasteiger partial charge is 0.506 e. The molecule has 2 N–H and O–H groups in total. The van der Waals surface area contributed by atoms with Gasteiger partial charge in [-0.05, 0) is 29.8 Å². The Balaban J connectivity index is 1.99. The van der Waals surface area contributed by atoms with Crippen LogP contribution in [0.15, 0.2) is 75.6 Å². The number of hydrogen-bond acceptors (Lipinski definition) is 4. The van der Waals surface area contributed by atoms with Crippen molar-refractivity contribution in [1.82, 2.24) is 9.99 Å². The molecule has 7 heteroatoms. The van der Waals surface area contributed by atoms with Crippen molar-refractivity contribution in [3.05, 3.63) is 87.1 Å². The van der Waals surface area contributed by atoms with Gasteiger partial charge in [0.15, 0.2) is 0 Å². The van der Waals surface area contributed by atoms with Crippen LogP contribution in [-0.4, -0.2) is 21.8 Å². The lowest BCUT2D eigenvalue weighted by molar-refractivity contribution is 0.0950. The Morgan fingerprint density at radius 2 is 2.04 bits per heavy atom. The second-order valence-corrected chi connectivity index (χ2v) is 6.61. The Labute approximate surface area is 163 Å². The number of nitrogens with zero attached hydrogens (tertiary/aromatic N) is 2. The van der Waals surface area contributed by atoms with E-state index in [-0.39, 0.29) is 17.9 Å². The lowest BCUT2D eigenvalue weighted by Crippen LogP contribution is -2.31. The third-order valence-corrected chi connectivity index (χ3v) is 4.41. The van der Waals surface area contributed by atoms with Gasteiger partial charge < -0.3 is 9.67 Å². The maximum atomic E-state index is 12.7. The lowest BCUT2D eigenvalue weighted by Gasteiger charge is -2.12. The second kappa shape index (κ2) is 8.01. The van der Waals surface area contributed by atoms with Crippen LogP contribution >= 0.6 is 15.9 Å². The van der Waals surface area contributed by atoms with Crippen LogP contribution in [0.25, 0.3) is 10.9 Å². The number of aromatic nitrogens is 1. The van der Waals surface area contributed by atoms with Gasteiger partial charge in [-0.3, -0.25) is 9.59 Å². The molecule has 0 spiro atoms. The van der Waals surface area contributed by atoms with Crippen LogP contribution < -0.4 is 11.0 Å². The highest BCUT2D eigenvalue weighted by atomic mass is 79.9. The number of benzene rings is 2. The van der Waals surface area contributed by atoms with E-state index < -0.39 is 11.5 Å². The van der Waals surface area contributed by atoms with Crippen molar-refractivity contribution < 1.29 is 9.90 Å². The number of aromatic hydroxyl groups is 1. The molecule has 1 heterocycles. The Morgan fingerprint density at radius 1 is 1.26 bits per heavy atom. The van der Waals surface area contributed by atoms with Crippen molar-refractivity contribution in [2.24, 2.45) is 5.10 Å². The number of nitrogens with one attached hydrogen (secondary N) is 1. The topological polar surface area (TPSA) is 83.7 Å². The Bertz CT molecular complexity index is 1120. The zero-order valence-corrected chi connectivity index (χ0v) is 15.8. The molecule has 0 bridgehead atoms. The van der Waals surface area contributed by atoms with Gasteiger partial charge in [0.05, 0.1) is 11.7 Å². The molecular formula is C20H16BrN3O3. The van der Waals surface area contributed by atoms with E-state index in [9.17, 15) is 14.7 Å². The normalized spacial score (nSPS) is 11.0. The minimum atomic E-state index is -0.785. The Hall–Kier alpha value is -3.19. The molecule has 1 amide bonds. The highest BCUT2D eigenvalue weighted by Gasteiger charge is 2.21. The van der Waals surface area contributed by atoms with E-state index in [1.807, 2.05) is 24.3 Å². The number of rotatable bonds is 5. The van der Waals surface area contributed by atoms with Gasteiger partial charge >= 0.3 is 0 Å². The second-order valence-electron chi connectivity index (χ2n) is 5.70. The summed E-state index contributed by atoms with van der Waals surface area (Å²) in [5.41, 5.74) is 2.61. The van der Waals surface area contributed by atoms with Gasteiger partial charge in [-0.1, -0.05) is 46.3 Å². The highest BCUT2D eigenvalue weighted by Crippen LogP contribution is 2.26. The van der Waals surface area contributed by atoms with Gasteiger partial charge in [-0.25, -0.2) is 5.43 Å². The van der Waals surface area contributed by atoms with Crippen LogP contribution in [0, 0.1) is 0 Å². The third-order valence-electron chi connectivity index (χ3n) is 3.91. The molecule has 3 aromatic rings. The van der Waals surface area contributed by atoms with Crippen molar-refractivity contribution in [2.45, 2.75) is 6.54 Å². The molecule has 0 unspecified atom stereocenters.